The molecule has 96 valence electrons. The van der Waals surface area contributed by atoms with Crippen LogP contribution >= 0.6 is 11.3 Å². The van der Waals surface area contributed by atoms with Crippen molar-refractivity contribution >= 4 is 23.5 Å². The van der Waals surface area contributed by atoms with Crippen molar-refractivity contribution in [2.75, 3.05) is 6.79 Å². The number of ether oxygens (including phenoxy) is 2. The van der Waals surface area contributed by atoms with Crippen LogP contribution in [0.15, 0.2) is 34.2 Å². The third-order valence-electron chi connectivity index (χ3n) is 2.44. The Kier molecular flexibility index (Phi) is 3.11. The van der Waals surface area contributed by atoms with Crippen LogP contribution in [0.25, 0.3) is 0 Å². The minimum absolute atomic E-state index is 0.233. The monoisotopic (exact) mass is 275 g/mol. The summed E-state index contributed by atoms with van der Waals surface area (Å²) in [6.07, 6.45) is 1.53. The summed E-state index contributed by atoms with van der Waals surface area (Å²) in [5.74, 6) is 1.05. The quantitative estimate of drug-likeness (QED) is 0.682. The molecule has 7 heteroatoms. The van der Waals surface area contributed by atoms with Crippen molar-refractivity contribution < 1.29 is 14.3 Å². The highest BCUT2D eigenvalue weighted by atomic mass is 32.1. The van der Waals surface area contributed by atoms with E-state index >= 15 is 0 Å². The lowest BCUT2D eigenvalue weighted by Crippen LogP contribution is -2.17. The van der Waals surface area contributed by atoms with E-state index in [-0.39, 0.29) is 12.7 Å². The molecule has 1 aliphatic rings. The first-order chi connectivity index (χ1) is 9.33. The van der Waals surface area contributed by atoms with Crippen molar-refractivity contribution in [1.29, 1.82) is 0 Å². The van der Waals surface area contributed by atoms with Crippen LogP contribution in [0.1, 0.15) is 16.1 Å². The average Bonchev–Trinajstić information content (AvgIpc) is 3.09. The summed E-state index contributed by atoms with van der Waals surface area (Å²) in [5.41, 5.74) is 5.16. The Morgan fingerprint density at radius 3 is 3.16 bits per heavy atom. The van der Waals surface area contributed by atoms with Crippen molar-refractivity contribution in [3.05, 3.63) is 40.3 Å². The van der Waals surface area contributed by atoms with Crippen LogP contribution in [-0.2, 0) is 0 Å². The largest absolute Gasteiger partial charge is 0.454 e. The molecular weight excluding hydrogens is 266 g/mol. The maximum absolute atomic E-state index is 11.6. The van der Waals surface area contributed by atoms with Crippen molar-refractivity contribution in [3.8, 4) is 11.5 Å². The second-order valence-electron chi connectivity index (χ2n) is 3.69. The van der Waals surface area contributed by atoms with Gasteiger partial charge in [-0.1, -0.05) is 0 Å². The number of rotatable bonds is 3. The van der Waals surface area contributed by atoms with Gasteiger partial charge < -0.3 is 9.47 Å². The predicted molar refractivity (Wildman–Crippen MR) is 69.7 cm³/mol. The molecule has 0 bridgehead atoms. The van der Waals surface area contributed by atoms with E-state index < -0.39 is 0 Å². The molecule has 2 aromatic rings. The third kappa shape index (κ3) is 2.55. The van der Waals surface area contributed by atoms with Gasteiger partial charge in [-0.2, -0.15) is 5.10 Å². The molecule has 6 nitrogen and oxygen atoms in total. The number of nitrogens with one attached hydrogen (secondary N) is 1. The summed E-state index contributed by atoms with van der Waals surface area (Å²) < 4.78 is 10.4. The van der Waals surface area contributed by atoms with Crippen LogP contribution < -0.4 is 14.9 Å². The number of hydrogen-bond acceptors (Lipinski definition) is 6. The molecule has 1 aromatic carbocycles. The maximum Gasteiger partial charge on any atom is 0.290 e. The number of aromatic nitrogens is 1. The summed E-state index contributed by atoms with van der Waals surface area (Å²) in [7, 11) is 0. The molecule has 1 N–H and O–H groups in total. The number of amides is 1. The first-order valence-electron chi connectivity index (χ1n) is 5.44. The lowest BCUT2D eigenvalue weighted by atomic mass is 10.2. The molecule has 0 aliphatic carbocycles. The highest BCUT2D eigenvalue weighted by Gasteiger charge is 2.12. The molecule has 19 heavy (non-hydrogen) atoms. The van der Waals surface area contributed by atoms with Gasteiger partial charge in [0.05, 0.1) is 11.7 Å². The van der Waals surface area contributed by atoms with Crippen molar-refractivity contribution in [1.82, 2.24) is 10.4 Å². The van der Waals surface area contributed by atoms with Crippen LogP contribution in [-0.4, -0.2) is 23.9 Å². The van der Waals surface area contributed by atoms with E-state index in [9.17, 15) is 4.79 Å². The number of carbonyl (C=O) groups is 1. The van der Waals surface area contributed by atoms with Crippen molar-refractivity contribution in [3.63, 3.8) is 0 Å². The molecule has 0 saturated heterocycles. The van der Waals surface area contributed by atoms with Gasteiger partial charge in [-0.05, 0) is 23.8 Å². The minimum Gasteiger partial charge on any atom is -0.454 e. The smallest absolute Gasteiger partial charge is 0.290 e. The number of hydrazone groups is 1. The Balaban J connectivity index is 1.65. The fourth-order valence-corrected chi connectivity index (χ4v) is 2.07. The van der Waals surface area contributed by atoms with E-state index in [2.05, 4.69) is 15.5 Å². The second-order valence-corrected chi connectivity index (χ2v) is 4.40. The predicted octanol–water partition coefficient (Wildman–Crippen LogP) is 1.64. The SMILES string of the molecule is O=C(NN=Cc1ccc2c(c1)OCO2)c1cscn1. The van der Waals surface area contributed by atoms with Gasteiger partial charge in [0.25, 0.3) is 5.91 Å². The van der Waals surface area contributed by atoms with E-state index in [1.54, 1.807) is 23.0 Å². The standard InChI is InChI=1S/C12H9N3O3S/c16-12(9-5-19-6-13-9)15-14-4-8-1-2-10-11(3-8)18-7-17-10/h1-6H,7H2,(H,15,16). The molecule has 1 amide bonds. The highest BCUT2D eigenvalue weighted by Crippen LogP contribution is 2.31. The number of fused-ring (bicyclic) bond motifs is 1. The molecular formula is C12H9N3O3S. The number of hydrogen-bond donors (Lipinski definition) is 1. The molecule has 0 saturated carbocycles. The maximum atomic E-state index is 11.6. The molecule has 1 aliphatic heterocycles. The topological polar surface area (TPSA) is 72.8 Å². The number of carbonyl (C=O) groups excluding carboxylic acids is 1. The fourth-order valence-electron chi connectivity index (χ4n) is 1.54. The normalized spacial score (nSPS) is 12.8. The average molecular weight is 275 g/mol. The Labute approximate surface area is 112 Å². The minimum atomic E-state index is -0.335. The summed E-state index contributed by atoms with van der Waals surface area (Å²) >= 11 is 1.36. The molecule has 0 unspecified atom stereocenters. The number of nitrogens with zero attached hydrogens (tertiary/aromatic N) is 2. The molecule has 1 aromatic heterocycles. The first kappa shape index (κ1) is 11.7. The lowest BCUT2D eigenvalue weighted by molar-refractivity contribution is 0.0951. The van der Waals surface area contributed by atoms with Gasteiger partial charge in [0.1, 0.15) is 5.69 Å². The van der Waals surface area contributed by atoms with Crippen LogP contribution in [0.2, 0.25) is 0 Å². The van der Waals surface area contributed by atoms with Gasteiger partial charge in [-0.25, -0.2) is 10.4 Å². The molecule has 0 radical (unpaired) electrons. The Morgan fingerprint density at radius 2 is 2.32 bits per heavy atom. The molecule has 3 rings (SSSR count). The Morgan fingerprint density at radius 1 is 1.42 bits per heavy atom. The molecule has 0 fully saturated rings. The van der Waals surface area contributed by atoms with Crippen molar-refractivity contribution in [2.45, 2.75) is 0 Å². The van der Waals surface area contributed by atoms with E-state index in [0.717, 1.165) is 5.56 Å². The van der Waals surface area contributed by atoms with Gasteiger partial charge >= 0.3 is 0 Å². The van der Waals surface area contributed by atoms with Crippen LogP contribution in [0.3, 0.4) is 0 Å². The Hall–Kier alpha value is -2.41. The van der Waals surface area contributed by atoms with E-state index in [0.29, 0.717) is 17.2 Å². The van der Waals surface area contributed by atoms with Gasteiger partial charge in [0.2, 0.25) is 6.79 Å². The summed E-state index contributed by atoms with van der Waals surface area (Å²) in [4.78, 5) is 15.4. The molecule has 2 heterocycles. The number of benzene rings is 1. The third-order valence-corrected chi connectivity index (χ3v) is 3.03. The second kappa shape index (κ2) is 5.07. The summed E-state index contributed by atoms with van der Waals surface area (Å²) in [5, 5.41) is 5.52. The Bertz CT molecular complexity index is 625. The highest BCUT2D eigenvalue weighted by molar-refractivity contribution is 7.07. The molecule has 0 spiro atoms. The van der Waals surface area contributed by atoms with E-state index in [1.165, 1.54) is 17.6 Å². The van der Waals surface area contributed by atoms with Gasteiger partial charge in [0, 0.05) is 5.38 Å². The summed E-state index contributed by atoms with van der Waals surface area (Å²) in [6.45, 7) is 0.233. The number of thiazole rings is 1. The molecule has 0 atom stereocenters. The fraction of sp³-hybridized carbons (Fsp3) is 0.0833. The van der Waals surface area contributed by atoms with Gasteiger partial charge in [0.15, 0.2) is 11.5 Å². The zero-order valence-electron chi connectivity index (χ0n) is 9.70. The van der Waals surface area contributed by atoms with Crippen LogP contribution in [0.4, 0.5) is 0 Å². The van der Waals surface area contributed by atoms with Gasteiger partial charge in [-0.15, -0.1) is 11.3 Å². The van der Waals surface area contributed by atoms with Crippen LogP contribution in [0.5, 0.6) is 11.5 Å². The first-order valence-corrected chi connectivity index (χ1v) is 6.38. The van der Waals surface area contributed by atoms with Crippen LogP contribution in [0, 0.1) is 0 Å². The van der Waals surface area contributed by atoms with Gasteiger partial charge in [-0.3, -0.25) is 4.79 Å². The zero-order valence-corrected chi connectivity index (χ0v) is 10.5. The lowest BCUT2D eigenvalue weighted by Gasteiger charge is -1.98. The van der Waals surface area contributed by atoms with E-state index in [4.69, 9.17) is 9.47 Å². The summed E-state index contributed by atoms with van der Waals surface area (Å²) in [6, 6.07) is 5.42. The van der Waals surface area contributed by atoms with Crippen molar-refractivity contribution in [2.24, 2.45) is 5.10 Å². The zero-order chi connectivity index (χ0) is 13.1. The van der Waals surface area contributed by atoms with E-state index in [1.807, 2.05) is 6.07 Å².